The Morgan fingerprint density at radius 3 is 2.65 bits per heavy atom. The number of alkyl halides is 3. The molecule has 0 aliphatic rings. The van der Waals surface area contributed by atoms with Crippen molar-refractivity contribution in [3.05, 3.63) is 47.8 Å². The number of carbonyl (C=O) groups excluding carboxylic acids is 1. The third-order valence-corrected chi connectivity index (χ3v) is 5.76. The number of hydrogen-bond acceptors (Lipinski definition) is 6. The third kappa shape index (κ3) is 5.74. The number of carbonyl (C=O) groups is 1. The zero-order valence-electron chi connectivity index (χ0n) is 18.1. The van der Waals surface area contributed by atoms with Crippen LogP contribution in [0.15, 0.2) is 46.5 Å². The van der Waals surface area contributed by atoms with E-state index in [9.17, 15) is 26.4 Å². The van der Waals surface area contributed by atoms with Crippen LogP contribution in [0.25, 0.3) is 11.0 Å². The first kappa shape index (κ1) is 24.8. The molecular formula is C22H19F3N4O4S. The van der Waals surface area contributed by atoms with Gasteiger partial charge in [-0.3, -0.25) is 4.79 Å². The molecule has 0 aliphatic heterocycles. The van der Waals surface area contributed by atoms with Crippen molar-refractivity contribution in [3.8, 4) is 17.6 Å². The van der Waals surface area contributed by atoms with Crippen LogP contribution < -0.4 is 10.1 Å². The standard InChI is InChI=1S/C22H19F3N4O4S/c1-26-21(30)16-9-14(10-18-20(16)28-13-29(18)12-22(23,24)25)5-4-8-27-17-7-6-15(34(3,31)32)11-19(17)33-2/h6-7,9-11,13,27H,1,8,12H2,2-3H3. The second-order valence-corrected chi connectivity index (χ2v) is 9.15. The minimum atomic E-state index is -4.48. The van der Waals surface area contributed by atoms with Gasteiger partial charge in [-0.05, 0) is 31.0 Å². The molecule has 0 bridgehead atoms. The predicted octanol–water partition coefficient (Wildman–Crippen LogP) is 3.32. The number of anilines is 1. The molecule has 0 radical (unpaired) electrons. The normalized spacial score (nSPS) is 11.6. The average molecular weight is 492 g/mol. The van der Waals surface area contributed by atoms with Gasteiger partial charge in [-0.2, -0.15) is 13.2 Å². The van der Waals surface area contributed by atoms with Crippen LogP contribution >= 0.6 is 0 Å². The number of aliphatic imine (C=N–C) groups is 1. The van der Waals surface area contributed by atoms with Gasteiger partial charge in [-0.1, -0.05) is 11.8 Å². The van der Waals surface area contributed by atoms with Crippen LogP contribution in [0.2, 0.25) is 0 Å². The summed E-state index contributed by atoms with van der Waals surface area (Å²) in [7, 11) is -2.02. The number of benzene rings is 2. The van der Waals surface area contributed by atoms with E-state index in [4.69, 9.17) is 4.74 Å². The number of rotatable bonds is 6. The number of imidazole rings is 1. The molecule has 0 unspecified atom stereocenters. The highest BCUT2D eigenvalue weighted by Gasteiger charge is 2.29. The van der Waals surface area contributed by atoms with Gasteiger partial charge in [-0.25, -0.2) is 18.4 Å². The SMILES string of the molecule is C=NC(=O)c1cc(C#CCNc2ccc(S(C)(=O)=O)cc2OC)cc2c1ncn2CC(F)(F)F. The van der Waals surface area contributed by atoms with Gasteiger partial charge in [0.1, 0.15) is 17.8 Å². The molecule has 0 atom stereocenters. The van der Waals surface area contributed by atoms with Gasteiger partial charge >= 0.3 is 6.18 Å². The Morgan fingerprint density at radius 2 is 2.03 bits per heavy atom. The maximum atomic E-state index is 12.9. The molecule has 3 rings (SSSR count). The fraction of sp³-hybridized carbons (Fsp3) is 0.227. The third-order valence-electron chi connectivity index (χ3n) is 4.65. The lowest BCUT2D eigenvalue weighted by Crippen LogP contribution is -2.17. The Hall–Kier alpha value is -3.85. The highest BCUT2D eigenvalue weighted by Crippen LogP contribution is 2.28. The van der Waals surface area contributed by atoms with E-state index >= 15 is 0 Å². The smallest absolute Gasteiger partial charge is 0.406 e. The molecule has 8 nitrogen and oxygen atoms in total. The van der Waals surface area contributed by atoms with Crippen LogP contribution in [0, 0.1) is 11.8 Å². The Bertz CT molecular complexity index is 1430. The number of nitrogens with zero attached hydrogens (tertiary/aromatic N) is 3. The minimum absolute atomic E-state index is 0.0104. The monoisotopic (exact) mass is 492 g/mol. The first-order valence-electron chi connectivity index (χ1n) is 9.60. The van der Waals surface area contributed by atoms with Crippen molar-refractivity contribution in [1.29, 1.82) is 0 Å². The Labute approximate surface area is 193 Å². The van der Waals surface area contributed by atoms with Crippen molar-refractivity contribution in [2.24, 2.45) is 4.99 Å². The van der Waals surface area contributed by atoms with Crippen molar-refractivity contribution in [2.45, 2.75) is 17.6 Å². The molecule has 0 spiro atoms. The molecule has 0 fully saturated rings. The van der Waals surface area contributed by atoms with Gasteiger partial charge in [0, 0.05) is 17.9 Å². The second-order valence-electron chi connectivity index (χ2n) is 7.13. The number of nitrogens with one attached hydrogen (secondary N) is 1. The Kier molecular flexibility index (Phi) is 6.97. The van der Waals surface area contributed by atoms with Gasteiger partial charge < -0.3 is 14.6 Å². The van der Waals surface area contributed by atoms with E-state index in [2.05, 4.69) is 33.9 Å². The van der Waals surface area contributed by atoms with E-state index in [1.807, 2.05) is 0 Å². The lowest BCUT2D eigenvalue weighted by molar-refractivity contribution is -0.139. The predicted molar refractivity (Wildman–Crippen MR) is 121 cm³/mol. The molecule has 34 heavy (non-hydrogen) atoms. The number of amides is 1. The van der Waals surface area contributed by atoms with Crippen molar-refractivity contribution < 1.29 is 31.1 Å². The van der Waals surface area contributed by atoms with E-state index in [0.717, 1.165) is 17.2 Å². The maximum Gasteiger partial charge on any atom is 0.406 e. The summed E-state index contributed by atoms with van der Waals surface area (Å²) in [5, 5.41) is 2.98. The van der Waals surface area contributed by atoms with Gasteiger partial charge in [0.15, 0.2) is 9.84 Å². The largest absolute Gasteiger partial charge is 0.495 e. The van der Waals surface area contributed by atoms with Crippen LogP contribution in [-0.4, -0.2) is 56.7 Å². The summed E-state index contributed by atoms with van der Waals surface area (Å²) in [5.41, 5.74) is 0.922. The molecule has 0 saturated heterocycles. The van der Waals surface area contributed by atoms with Crippen molar-refractivity contribution in [1.82, 2.24) is 9.55 Å². The summed E-state index contributed by atoms with van der Waals surface area (Å²) in [6.07, 6.45) is -2.40. The van der Waals surface area contributed by atoms with Gasteiger partial charge in [0.2, 0.25) is 0 Å². The zero-order chi connectivity index (χ0) is 25.1. The molecular weight excluding hydrogens is 473 g/mol. The number of halogens is 3. The summed E-state index contributed by atoms with van der Waals surface area (Å²) in [6, 6.07) is 7.12. The molecule has 1 amide bonds. The summed E-state index contributed by atoms with van der Waals surface area (Å²) >= 11 is 0. The molecule has 178 valence electrons. The quantitative estimate of drug-likeness (QED) is 0.418. The van der Waals surface area contributed by atoms with Gasteiger partial charge in [0.25, 0.3) is 5.91 Å². The van der Waals surface area contributed by atoms with E-state index in [-0.39, 0.29) is 33.6 Å². The van der Waals surface area contributed by atoms with Crippen molar-refractivity contribution in [3.63, 3.8) is 0 Å². The Balaban J connectivity index is 1.90. The summed E-state index contributed by atoms with van der Waals surface area (Å²) in [6.45, 7) is 1.99. The van der Waals surface area contributed by atoms with Crippen molar-refractivity contribution >= 4 is 39.2 Å². The molecule has 0 saturated carbocycles. The number of sulfone groups is 1. The number of aromatic nitrogens is 2. The highest BCUT2D eigenvalue weighted by atomic mass is 32.2. The maximum absolute atomic E-state index is 12.9. The van der Waals surface area contributed by atoms with E-state index in [1.54, 1.807) is 0 Å². The number of ether oxygens (including phenoxy) is 1. The van der Waals surface area contributed by atoms with Crippen molar-refractivity contribution in [2.75, 3.05) is 25.2 Å². The minimum Gasteiger partial charge on any atom is -0.495 e. The van der Waals surface area contributed by atoms with E-state index < -0.39 is 28.5 Å². The summed E-state index contributed by atoms with van der Waals surface area (Å²) in [5.74, 6) is 5.17. The van der Waals surface area contributed by atoms with Crippen LogP contribution in [0.1, 0.15) is 15.9 Å². The van der Waals surface area contributed by atoms with Gasteiger partial charge in [-0.15, -0.1) is 0 Å². The number of fused-ring (bicyclic) bond motifs is 1. The molecule has 3 aromatic rings. The fourth-order valence-electron chi connectivity index (χ4n) is 3.14. The summed E-state index contributed by atoms with van der Waals surface area (Å²) in [4.78, 5) is 19.5. The van der Waals surface area contributed by atoms with Crippen LogP contribution in [0.3, 0.4) is 0 Å². The molecule has 12 heteroatoms. The Morgan fingerprint density at radius 1 is 1.29 bits per heavy atom. The lowest BCUT2D eigenvalue weighted by Gasteiger charge is -2.10. The second kappa shape index (κ2) is 9.56. The first-order chi connectivity index (χ1) is 15.9. The molecule has 1 heterocycles. The molecule has 2 aromatic carbocycles. The summed E-state index contributed by atoms with van der Waals surface area (Å²) < 4.78 is 68.2. The van der Waals surface area contributed by atoms with E-state index in [0.29, 0.717) is 11.4 Å². The van der Waals surface area contributed by atoms with Crippen LogP contribution in [0.4, 0.5) is 18.9 Å². The lowest BCUT2D eigenvalue weighted by atomic mass is 10.1. The first-order valence-corrected chi connectivity index (χ1v) is 11.5. The highest BCUT2D eigenvalue weighted by molar-refractivity contribution is 7.90. The fourth-order valence-corrected chi connectivity index (χ4v) is 3.77. The zero-order valence-corrected chi connectivity index (χ0v) is 18.9. The molecule has 1 N–H and O–H groups in total. The van der Waals surface area contributed by atoms with Crippen LogP contribution in [0.5, 0.6) is 5.75 Å². The topological polar surface area (TPSA) is 103 Å². The van der Waals surface area contributed by atoms with Gasteiger partial charge in [0.05, 0.1) is 41.6 Å². The average Bonchev–Trinajstić information content (AvgIpc) is 3.15. The molecule has 0 aliphatic carbocycles. The number of hydrogen-bond donors (Lipinski definition) is 1. The number of methoxy groups -OCH3 is 1. The van der Waals surface area contributed by atoms with E-state index in [1.165, 1.54) is 37.4 Å². The molecule has 1 aromatic heterocycles. The van der Waals surface area contributed by atoms with Crippen LogP contribution in [-0.2, 0) is 16.4 Å².